The van der Waals surface area contributed by atoms with Crippen molar-refractivity contribution in [3.63, 3.8) is 0 Å². The van der Waals surface area contributed by atoms with Crippen molar-refractivity contribution in [1.82, 2.24) is 0 Å². The molecule has 7 aromatic rings. The maximum Gasteiger partial charge on any atom is 0.442 e. The summed E-state index contributed by atoms with van der Waals surface area (Å²) in [5.41, 5.74) is 0.315. The maximum absolute atomic E-state index is 14.4. The molecule has 0 aliphatic carbocycles. The van der Waals surface area contributed by atoms with Crippen LogP contribution in [0.5, 0.6) is 28.7 Å². The number of thioether (sulfide) groups is 1. The fraction of sp³-hybridized carbons (Fsp3) is 0.232. The molecule has 76 heavy (non-hydrogen) atoms. The number of hydrogen-bond acceptors (Lipinski definition) is 7. The normalized spacial score (nSPS) is 12.6. The van der Waals surface area contributed by atoms with E-state index < -0.39 is 66.2 Å². The minimum atomic E-state index is -6.34. The lowest BCUT2D eigenvalue weighted by Gasteiger charge is -2.38. The molecule has 0 atom stereocenters. The number of alkyl halides is 10. The number of quaternary nitrogens is 1. The number of rotatable bonds is 16. The Balaban J connectivity index is 0.000000259. The van der Waals surface area contributed by atoms with Crippen LogP contribution in [0.15, 0.2) is 163 Å². The minimum Gasteiger partial charge on any atom is -0.497 e. The van der Waals surface area contributed by atoms with E-state index in [1.165, 1.54) is 31.4 Å². The number of benzene rings is 7. The van der Waals surface area contributed by atoms with Crippen LogP contribution < -0.4 is 14.2 Å². The fourth-order valence-corrected chi connectivity index (χ4v) is 9.26. The molecule has 402 valence electrons. The molecule has 0 aliphatic rings. The third-order valence-electron chi connectivity index (χ3n) is 11.7. The van der Waals surface area contributed by atoms with E-state index >= 15 is 0 Å². The second-order valence-electron chi connectivity index (χ2n) is 18.6. The maximum atomic E-state index is 14.4. The van der Waals surface area contributed by atoms with Crippen LogP contribution in [-0.2, 0) is 22.1 Å². The SMILES string of the molecule is COc1ccc(C(c2ccc(Oc3ccc(C(=O)c4ccc(C)c(C[N+](C)(C)C)c4)cc3)cc2)(C(F)(F)F)C(F)(F)F)cc1.Cc1ccc(-c2ccc(Oc3cc(C)ccc3SC(F)(F)C(F)(F)S(=O)(=O)O)cc2)cc1. The smallest absolute Gasteiger partial charge is 0.442 e. The van der Waals surface area contributed by atoms with Crippen molar-refractivity contribution in [2.24, 2.45) is 0 Å². The molecule has 0 saturated heterocycles. The second kappa shape index (κ2) is 22.4. The first-order valence-electron chi connectivity index (χ1n) is 22.7. The van der Waals surface area contributed by atoms with Crippen molar-refractivity contribution >= 4 is 27.7 Å². The molecule has 0 spiro atoms. The lowest BCUT2D eigenvalue weighted by atomic mass is 9.73. The molecule has 0 saturated carbocycles. The van der Waals surface area contributed by atoms with Gasteiger partial charge in [-0.15, -0.1) is 0 Å². The van der Waals surface area contributed by atoms with Gasteiger partial charge in [-0.1, -0.05) is 84.4 Å². The average Bonchev–Trinajstić information content (AvgIpc) is 3.33. The van der Waals surface area contributed by atoms with Gasteiger partial charge in [-0.2, -0.15) is 52.3 Å². The van der Waals surface area contributed by atoms with E-state index in [9.17, 15) is 57.1 Å². The van der Waals surface area contributed by atoms with Crippen LogP contribution in [0.4, 0.5) is 43.9 Å². The van der Waals surface area contributed by atoms with Gasteiger partial charge in [-0.25, -0.2) is 0 Å². The Morgan fingerprint density at radius 1 is 0.553 bits per heavy atom. The predicted octanol–water partition coefficient (Wildman–Crippen LogP) is 15.6. The molecule has 0 unspecified atom stereocenters. The van der Waals surface area contributed by atoms with Gasteiger partial charge in [0.25, 0.3) is 0 Å². The van der Waals surface area contributed by atoms with Gasteiger partial charge in [-0.3, -0.25) is 9.35 Å². The van der Waals surface area contributed by atoms with Crippen LogP contribution in [0.3, 0.4) is 0 Å². The molecule has 20 heteroatoms. The molecule has 0 heterocycles. The average molecular weight is 1100 g/mol. The number of ketones is 1. The monoisotopic (exact) mass is 1100 g/mol. The zero-order valence-corrected chi connectivity index (χ0v) is 43.3. The highest BCUT2D eigenvalue weighted by atomic mass is 32.2. The highest BCUT2D eigenvalue weighted by Crippen LogP contribution is 2.57. The molecule has 7 rings (SSSR count). The number of methoxy groups -OCH3 is 1. The Morgan fingerprint density at radius 3 is 1.46 bits per heavy atom. The zero-order valence-electron chi connectivity index (χ0n) is 41.7. The first-order valence-corrected chi connectivity index (χ1v) is 25.0. The number of ether oxygens (including phenoxy) is 3. The van der Waals surface area contributed by atoms with Crippen molar-refractivity contribution in [2.45, 2.75) is 60.5 Å². The molecule has 0 fully saturated rings. The van der Waals surface area contributed by atoms with Crippen LogP contribution in [-0.4, -0.2) is 74.4 Å². The van der Waals surface area contributed by atoms with E-state index in [0.717, 1.165) is 89.0 Å². The lowest BCUT2D eigenvalue weighted by Crippen LogP contribution is -2.54. The summed E-state index contributed by atoms with van der Waals surface area (Å²) in [6.07, 6.45) is -11.4. The summed E-state index contributed by atoms with van der Waals surface area (Å²) in [5, 5.41) is -10.8. The van der Waals surface area contributed by atoms with Crippen LogP contribution in [0.25, 0.3) is 11.1 Å². The summed E-state index contributed by atoms with van der Waals surface area (Å²) in [7, 11) is 1.10. The van der Waals surface area contributed by atoms with Crippen molar-refractivity contribution in [3.05, 3.63) is 202 Å². The highest BCUT2D eigenvalue weighted by Gasteiger charge is 2.72. The van der Waals surface area contributed by atoms with E-state index in [-0.39, 0.29) is 34.5 Å². The van der Waals surface area contributed by atoms with Crippen molar-refractivity contribution in [3.8, 4) is 39.9 Å². The van der Waals surface area contributed by atoms with E-state index in [0.29, 0.717) is 21.2 Å². The number of carbonyl (C=O) groups excluding carboxylic acids is 1. The third kappa shape index (κ3) is 13.2. The number of halogens is 10. The van der Waals surface area contributed by atoms with Gasteiger partial charge in [0.05, 0.1) is 33.1 Å². The molecule has 0 bridgehead atoms. The second-order valence-corrected chi connectivity index (χ2v) is 21.2. The molecule has 0 aliphatic heterocycles. The minimum absolute atomic E-state index is 0.0179. The molecule has 0 aromatic heterocycles. The van der Waals surface area contributed by atoms with E-state index in [1.54, 1.807) is 49.4 Å². The highest BCUT2D eigenvalue weighted by molar-refractivity contribution is 8.01. The van der Waals surface area contributed by atoms with Gasteiger partial charge in [-0.05, 0) is 145 Å². The number of carbonyl (C=O) groups is 1. The summed E-state index contributed by atoms with van der Waals surface area (Å²) in [6, 6.07) is 37.2. The van der Waals surface area contributed by atoms with Gasteiger partial charge >= 0.3 is 33.0 Å². The standard InChI is InChI=1S/C34H32F6NO3.C22H18F4O4S2/c1-22-6-7-24(20-25(22)21-41(2,3)4)31(42)23-8-14-29(15-9-23)44-30-18-12-27(13-19-30)32(33(35,36)37,34(38,39)40)26-10-16-28(43-5)17-11-26;1-14-3-6-16(7-4-14)17-8-10-18(11-9-17)30-19-13-15(2)5-12-20(19)31-21(23,24)22(25,26)32(27,28)29/h6-20H,21H2,1-5H3;3-13H,1-2H3,(H,27,28,29)/q+1;. The Kier molecular flexibility index (Phi) is 17.2. The number of aryl methyl sites for hydroxylation is 3. The predicted molar refractivity (Wildman–Crippen MR) is 270 cm³/mol. The van der Waals surface area contributed by atoms with E-state index in [1.807, 2.05) is 50.2 Å². The Bertz CT molecular complexity index is 3240. The molecular formula is C56H50F10NO7S2+. The molecule has 1 N–H and O–H groups in total. The molecule has 8 nitrogen and oxygen atoms in total. The van der Waals surface area contributed by atoms with Crippen LogP contribution in [0.1, 0.15) is 49.3 Å². The molecular weight excluding hydrogens is 1050 g/mol. The van der Waals surface area contributed by atoms with Gasteiger partial charge in [0, 0.05) is 16.7 Å². The molecule has 7 aromatic carbocycles. The summed E-state index contributed by atoms with van der Waals surface area (Å²) >= 11 is -0.712. The Hall–Kier alpha value is -6.87. The largest absolute Gasteiger partial charge is 0.497 e. The third-order valence-corrected chi connectivity index (χ3v) is 13.8. The summed E-state index contributed by atoms with van der Waals surface area (Å²) in [5.74, 6) is 0.285. The van der Waals surface area contributed by atoms with Crippen molar-refractivity contribution < 1.29 is 80.4 Å². The molecule has 0 amide bonds. The summed E-state index contributed by atoms with van der Waals surface area (Å²) in [4.78, 5) is 12.7. The lowest BCUT2D eigenvalue weighted by molar-refractivity contribution is -0.884. The van der Waals surface area contributed by atoms with Crippen LogP contribution in [0, 0.1) is 20.8 Å². The van der Waals surface area contributed by atoms with Crippen LogP contribution >= 0.6 is 11.8 Å². The van der Waals surface area contributed by atoms with Crippen molar-refractivity contribution in [1.29, 1.82) is 0 Å². The van der Waals surface area contributed by atoms with E-state index in [2.05, 4.69) is 21.1 Å². The van der Waals surface area contributed by atoms with Crippen LogP contribution in [0.2, 0.25) is 0 Å². The first-order chi connectivity index (χ1) is 35.3. The first kappa shape index (κ1) is 58.4. The Morgan fingerprint density at radius 2 is 0.987 bits per heavy atom. The van der Waals surface area contributed by atoms with Gasteiger partial charge in [0.15, 0.2) is 5.78 Å². The van der Waals surface area contributed by atoms with Gasteiger partial charge in [0.1, 0.15) is 35.3 Å². The van der Waals surface area contributed by atoms with Gasteiger partial charge < -0.3 is 18.7 Å². The number of nitrogens with zero attached hydrogens (tertiary/aromatic N) is 1. The number of hydrogen-bond donors (Lipinski definition) is 1. The summed E-state index contributed by atoms with van der Waals surface area (Å²) < 4.78 is 189. The topological polar surface area (TPSA) is 99.1 Å². The fourth-order valence-electron chi connectivity index (χ4n) is 7.78. The van der Waals surface area contributed by atoms with E-state index in [4.69, 9.17) is 18.8 Å². The quantitative estimate of drug-likeness (QED) is 0.0336. The van der Waals surface area contributed by atoms with Gasteiger partial charge in [0.2, 0.25) is 5.41 Å². The molecule has 0 radical (unpaired) electrons. The summed E-state index contributed by atoms with van der Waals surface area (Å²) in [6.45, 7) is 6.34. The zero-order chi connectivity index (χ0) is 56.2. The van der Waals surface area contributed by atoms with Crippen molar-refractivity contribution in [2.75, 3.05) is 28.3 Å². The Labute approximate surface area is 437 Å².